The Morgan fingerprint density at radius 3 is 1.79 bits per heavy atom. The van der Waals surface area contributed by atoms with E-state index in [0.717, 1.165) is 0 Å². The van der Waals surface area contributed by atoms with E-state index in [1.807, 2.05) is 0 Å². The minimum Gasteiger partial charge on any atom is -0.213 e. The standard InChI is InChI=1S/C6Cl7.Li/c7-2-1-5(10,11)6(12,13)4(9)3(2)8;/q-1;+1. The van der Waals surface area contributed by atoms with Gasteiger partial charge in [0.05, 0.1) is 0 Å². The van der Waals surface area contributed by atoms with Gasteiger partial charge in [0.25, 0.3) is 0 Å². The molecule has 0 N–H and O–H groups in total. The Morgan fingerprint density at radius 1 is 0.929 bits per heavy atom. The Morgan fingerprint density at radius 2 is 1.36 bits per heavy atom. The molecular formula is C6Cl7Li. The molecule has 0 aromatic heterocycles. The fourth-order valence-electron chi connectivity index (χ4n) is 0.643. The van der Waals surface area contributed by atoms with Gasteiger partial charge in [-0.2, -0.15) is 0 Å². The van der Waals surface area contributed by atoms with Gasteiger partial charge in [-0.1, -0.05) is 28.2 Å². The zero-order valence-electron chi connectivity index (χ0n) is 6.65. The van der Waals surface area contributed by atoms with Crippen LogP contribution < -0.4 is 18.9 Å². The molecule has 0 atom stereocenters. The molecular weight excluding hydrogens is 327 g/mol. The molecule has 0 radical (unpaired) electrons. The number of allylic oxidation sites excluding steroid dienone is 4. The van der Waals surface area contributed by atoms with Crippen molar-refractivity contribution in [2.24, 2.45) is 0 Å². The van der Waals surface area contributed by atoms with E-state index >= 15 is 0 Å². The quantitative estimate of drug-likeness (QED) is 0.363. The van der Waals surface area contributed by atoms with Gasteiger partial charge in [-0.15, -0.1) is 51.4 Å². The van der Waals surface area contributed by atoms with E-state index in [4.69, 9.17) is 81.2 Å². The molecule has 0 amide bonds. The Labute approximate surface area is 129 Å². The van der Waals surface area contributed by atoms with E-state index in [9.17, 15) is 0 Å². The molecule has 0 nitrogen and oxygen atoms in total. The zero-order valence-corrected chi connectivity index (χ0v) is 11.9. The molecule has 0 spiro atoms. The van der Waals surface area contributed by atoms with Crippen LogP contribution in [0.5, 0.6) is 0 Å². The first-order valence-corrected chi connectivity index (χ1v) is 5.47. The Bertz CT molecular complexity index is 303. The first kappa shape index (κ1) is 16.1. The van der Waals surface area contributed by atoms with Crippen LogP contribution in [0.3, 0.4) is 0 Å². The number of rotatable bonds is 0. The third kappa shape index (κ3) is 2.67. The summed E-state index contributed by atoms with van der Waals surface area (Å²) in [6.07, 6.45) is 2.40. The molecule has 74 valence electrons. The second-order valence-electron chi connectivity index (χ2n) is 2.22. The molecule has 0 aromatic carbocycles. The molecule has 1 aliphatic rings. The largest absolute Gasteiger partial charge is 1.00 e. The molecule has 1 aliphatic carbocycles. The van der Waals surface area contributed by atoms with Crippen molar-refractivity contribution in [2.75, 3.05) is 0 Å². The predicted molar refractivity (Wildman–Crippen MR) is 60.2 cm³/mol. The van der Waals surface area contributed by atoms with Crippen molar-refractivity contribution in [1.29, 1.82) is 0 Å². The smallest absolute Gasteiger partial charge is 0.213 e. The maximum Gasteiger partial charge on any atom is 1.00 e. The summed E-state index contributed by atoms with van der Waals surface area (Å²) in [6.45, 7) is 0. The van der Waals surface area contributed by atoms with Crippen molar-refractivity contribution in [3.63, 3.8) is 0 Å². The normalized spacial score (nSPS) is 24.1. The zero-order chi connectivity index (χ0) is 10.4. The van der Waals surface area contributed by atoms with Gasteiger partial charge < -0.3 is 0 Å². The summed E-state index contributed by atoms with van der Waals surface area (Å²) in [4.78, 5) is 0. The predicted octanol–water partition coefficient (Wildman–Crippen LogP) is 1.97. The van der Waals surface area contributed by atoms with E-state index in [-0.39, 0.29) is 34.0 Å². The van der Waals surface area contributed by atoms with E-state index in [1.54, 1.807) is 0 Å². The van der Waals surface area contributed by atoms with Crippen molar-refractivity contribution in [1.82, 2.24) is 0 Å². The molecule has 0 unspecified atom stereocenters. The third-order valence-electron chi connectivity index (χ3n) is 1.32. The summed E-state index contributed by atoms with van der Waals surface area (Å²) >= 11 is 40.0. The fourth-order valence-corrected chi connectivity index (χ4v) is 2.30. The minimum atomic E-state index is -1.74. The van der Waals surface area contributed by atoms with Crippen LogP contribution in [0.4, 0.5) is 0 Å². The molecule has 0 saturated carbocycles. The van der Waals surface area contributed by atoms with Crippen molar-refractivity contribution >= 4 is 81.2 Å². The second kappa shape index (κ2) is 5.17. The summed E-state index contributed by atoms with van der Waals surface area (Å²) in [7, 11) is 0. The van der Waals surface area contributed by atoms with Crippen molar-refractivity contribution in [3.8, 4) is 0 Å². The first-order chi connectivity index (χ1) is 5.70. The molecule has 0 aromatic rings. The third-order valence-corrected chi connectivity index (χ3v) is 4.93. The van der Waals surface area contributed by atoms with Gasteiger partial charge in [-0.05, 0) is 5.03 Å². The first-order valence-electron chi connectivity index (χ1n) is 2.82. The number of alkyl halides is 4. The summed E-state index contributed by atoms with van der Waals surface area (Å²) in [5, 5.41) is -0.134. The number of hydrogen-bond donors (Lipinski definition) is 0. The van der Waals surface area contributed by atoms with Crippen LogP contribution in [0, 0.1) is 6.08 Å². The average molecular weight is 327 g/mol. The summed E-state index contributed by atoms with van der Waals surface area (Å²) in [6, 6.07) is 0. The molecule has 14 heavy (non-hydrogen) atoms. The van der Waals surface area contributed by atoms with E-state index in [1.165, 1.54) is 0 Å². The minimum absolute atomic E-state index is 0. The summed E-state index contributed by atoms with van der Waals surface area (Å²) in [5.74, 6) is 0. The van der Waals surface area contributed by atoms with Crippen molar-refractivity contribution in [3.05, 3.63) is 21.2 Å². The Balaban J connectivity index is 0.00000169. The topological polar surface area (TPSA) is 0 Å². The molecule has 0 bridgehead atoms. The van der Waals surface area contributed by atoms with Crippen LogP contribution >= 0.6 is 81.2 Å². The van der Waals surface area contributed by atoms with Crippen molar-refractivity contribution < 1.29 is 18.9 Å². The second-order valence-corrected chi connectivity index (χ2v) is 6.00. The molecule has 0 saturated heterocycles. The van der Waals surface area contributed by atoms with Crippen LogP contribution in [0.25, 0.3) is 0 Å². The van der Waals surface area contributed by atoms with Gasteiger partial charge in [0.15, 0.2) is 4.33 Å². The molecule has 8 heteroatoms. The van der Waals surface area contributed by atoms with Crippen LogP contribution in [0.15, 0.2) is 15.1 Å². The van der Waals surface area contributed by atoms with Gasteiger partial charge in [0.2, 0.25) is 0 Å². The molecule has 0 fully saturated rings. The fraction of sp³-hybridized carbons (Fsp3) is 0.333. The number of halogens is 7. The van der Waals surface area contributed by atoms with Crippen LogP contribution in [-0.2, 0) is 0 Å². The monoisotopic (exact) mass is 324 g/mol. The van der Waals surface area contributed by atoms with Gasteiger partial charge in [0, 0.05) is 0 Å². The molecule has 1 rings (SSSR count). The van der Waals surface area contributed by atoms with Crippen LogP contribution in [0.2, 0.25) is 0 Å². The van der Waals surface area contributed by atoms with Gasteiger partial charge >= 0.3 is 18.9 Å². The van der Waals surface area contributed by atoms with Gasteiger partial charge in [0.1, 0.15) is 4.33 Å². The summed E-state index contributed by atoms with van der Waals surface area (Å²) < 4.78 is -3.46. The van der Waals surface area contributed by atoms with E-state index in [2.05, 4.69) is 6.08 Å². The van der Waals surface area contributed by atoms with Crippen molar-refractivity contribution in [2.45, 2.75) is 8.67 Å². The van der Waals surface area contributed by atoms with Crippen LogP contribution in [-0.4, -0.2) is 8.67 Å². The summed E-state index contributed by atoms with van der Waals surface area (Å²) in [5.41, 5.74) is 0. The SMILES string of the molecule is ClC1=[C-]C(Cl)(Cl)C(Cl)(Cl)C(Cl)=C1Cl.[Li+]. The molecule has 0 aliphatic heterocycles. The van der Waals surface area contributed by atoms with Gasteiger partial charge in [-0.25, -0.2) is 17.7 Å². The molecule has 0 heterocycles. The maximum atomic E-state index is 5.77. The van der Waals surface area contributed by atoms with Crippen LogP contribution in [0.1, 0.15) is 0 Å². The van der Waals surface area contributed by atoms with Gasteiger partial charge in [-0.3, -0.25) is 0 Å². The Kier molecular flexibility index (Phi) is 5.95. The Hall–Kier alpha value is 2.11. The number of hydrogen-bond acceptors (Lipinski definition) is 0. The maximum absolute atomic E-state index is 5.77. The van der Waals surface area contributed by atoms with E-state index in [0.29, 0.717) is 0 Å². The van der Waals surface area contributed by atoms with E-state index < -0.39 is 8.67 Å². The average Bonchev–Trinajstić information content (AvgIpc) is 1.98.